The quantitative estimate of drug-likeness (QED) is 0.123. The Balaban J connectivity index is 0.000000459. The number of amidine groups is 1. The first-order valence-electron chi connectivity index (χ1n) is 12.8. The Labute approximate surface area is 269 Å². The number of carbonyl (C=O) groups is 3. The second-order valence-corrected chi connectivity index (χ2v) is 13.5. The Morgan fingerprint density at radius 1 is 1.06 bits per heavy atom. The Morgan fingerprint density at radius 3 is 2.13 bits per heavy atom. The van der Waals surface area contributed by atoms with E-state index in [-0.39, 0.29) is 29.0 Å². The molecule has 1 saturated heterocycles. The van der Waals surface area contributed by atoms with Crippen molar-refractivity contribution in [1.29, 1.82) is 5.41 Å². The summed E-state index contributed by atoms with van der Waals surface area (Å²) in [5.74, 6) is -6.24. The van der Waals surface area contributed by atoms with Gasteiger partial charge in [-0.1, -0.05) is 6.07 Å². The molecular formula is C25H26F7N5O7S3. The van der Waals surface area contributed by atoms with E-state index in [0.717, 1.165) is 16.9 Å². The molecule has 1 aliphatic rings. The first-order chi connectivity index (χ1) is 21.6. The van der Waals surface area contributed by atoms with Crippen LogP contribution in [0.15, 0.2) is 39.9 Å². The molecule has 0 aliphatic carbocycles. The maximum atomic E-state index is 13.6. The van der Waals surface area contributed by atoms with Gasteiger partial charge >= 0.3 is 24.3 Å². The summed E-state index contributed by atoms with van der Waals surface area (Å²) in [5, 5.41) is 24.3. The van der Waals surface area contributed by atoms with Crippen LogP contribution in [0.1, 0.15) is 23.3 Å². The predicted molar refractivity (Wildman–Crippen MR) is 156 cm³/mol. The van der Waals surface area contributed by atoms with Crippen molar-refractivity contribution in [3.05, 3.63) is 52.0 Å². The molecule has 0 bridgehead atoms. The number of thiophene rings is 2. The van der Waals surface area contributed by atoms with E-state index in [1.165, 1.54) is 33.8 Å². The van der Waals surface area contributed by atoms with Crippen LogP contribution in [0, 0.1) is 11.2 Å². The van der Waals surface area contributed by atoms with Gasteiger partial charge in [0, 0.05) is 24.3 Å². The molecule has 0 spiro atoms. The van der Waals surface area contributed by atoms with Gasteiger partial charge in [0.1, 0.15) is 21.9 Å². The highest BCUT2D eigenvalue weighted by molar-refractivity contribution is 7.91. The van der Waals surface area contributed by atoms with E-state index in [2.05, 4.69) is 0 Å². The zero-order chi connectivity index (χ0) is 35.9. The van der Waals surface area contributed by atoms with Gasteiger partial charge in [0.05, 0.1) is 4.88 Å². The molecule has 1 aliphatic heterocycles. The second-order valence-electron chi connectivity index (χ2n) is 9.41. The molecule has 1 amide bonds. The van der Waals surface area contributed by atoms with Crippen LogP contribution >= 0.6 is 22.7 Å². The molecule has 3 heterocycles. The van der Waals surface area contributed by atoms with Gasteiger partial charge in [-0.25, -0.2) is 22.4 Å². The van der Waals surface area contributed by atoms with Crippen molar-refractivity contribution < 1.29 is 63.7 Å². The van der Waals surface area contributed by atoms with Crippen LogP contribution in [0.4, 0.5) is 30.7 Å². The molecular weight excluding hydrogens is 711 g/mol. The molecule has 12 nitrogen and oxygen atoms in total. The number of nitrogens with zero attached hydrogens (tertiary/aromatic N) is 2. The average molecular weight is 738 g/mol. The van der Waals surface area contributed by atoms with Gasteiger partial charge in [-0.05, 0) is 60.0 Å². The lowest BCUT2D eigenvalue weighted by Crippen LogP contribution is -2.45. The van der Waals surface area contributed by atoms with Crippen LogP contribution in [0.3, 0.4) is 0 Å². The minimum atomic E-state index is -5.08. The number of nitrogen functional groups attached to an aromatic ring is 1. The number of sulfonamides is 1. The lowest BCUT2D eigenvalue weighted by molar-refractivity contribution is -0.193. The standard InChI is InChI=1S/C21H24FN5O3S3.2C2HF3O2/c22-15-3-2-14-9-19(32-17(14)10-15)33(29,30)27(6-1-5-23)16-4-7-26(21(16)28)11-13-8-18(20(24)25)31-12-13;2*3-2(4,5)1(6)7/h2-3,8-10,12,16H,1,4-7,11,23H2,(H3,24,25);2*(H,6,7)/t16-;;/m0../s1. The summed E-state index contributed by atoms with van der Waals surface area (Å²) in [6, 6.07) is 6.61. The van der Waals surface area contributed by atoms with Crippen molar-refractivity contribution >= 4 is 66.5 Å². The zero-order valence-electron chi connectivity index (χ0n) is 23.6. The number of carbonyl (C=O) groups excluding carboxylic acids is 1. The third-order valence-corrected chi connectivity index (χ3v) is 10.5. The van der Waals surface area contributed by atoms with Crippen LogP contribution < -0.4 is 11.5 Å². The van der Waals surface area contributed by atoms with Crippen LogP contribution in [0.5, 0.6) is 0 Å². The number of halogens is 7. The molecule has 47 heavy (non-hydrogen) atoms. The van der Waals surface area contributed by atoms with Gasteiger partial charge in [0.25, 0.3) is 10.0 Å². The first kappa shape index (κ1) is 39.3. The monoisotopic (exact) mass is 737 g/mol. The fraction of sp³-hybridized carbons (Fsp3) is 0.360. The number of carboxylic acids is 2. The molecule has 0 radical (unpaired) electrons. The third-order valence-electron chi connectivity index (χ3n) is 6.00. The maximum absolute atomic E-state index is 13.6. The number of carboxylic acid groups (broad SMARTS) is 2. The normalized spacial score (nSPS) is 15.2. The number of alkyl halides is 6. The van der Waals surface area contributed by atoms with Gasteiger partial charge in [-0.15, -0.1) is 22.7 Å². The van der Waals surface area contributed by atoms with Crippen molar-refractivity contribution in [3.8, 4) is 0 Å². The van der Waals surface area contributed by atoms with Crippen molar-refractivity contribution in [1.82, 2.24) is 9.21 Å². The minimum absolute atomic E-state index is 0.0286. The Bertz CT molecular complexity index is 1680. The summed E-state index contributed by atoms with van der Waals surface area (Å²) in [6.07, 6.45) is -9.39. The smallest absolute Gasteiger partial charge is 0.475 e. The van der Waals surface area contributed by atoms with Gasteiger partial charge < -0.3 is 26.6 Å². The fourth-order valence-electron chi connectivity index (χ4n) is 3.88. The lowest BCUT2D eigenvalue weighted by atomic mass is 10.2. The number of amides is 1. The van der Waals surface area contributed by atoms with E-state index in [9.17, 15) is 43.9 Å². The molecule has 0 saturated carbocycles. The Morgan fingerprint density at radius 2 is 1.64 bits per heavy atom. The molecule has 0 unspecified atom stereocenters. The number of hydrogen-bond acceptors (Lipinski definition) is 9. The minimum Gasteiger partial charge on any atom is -0.475 e. The number of benzene rings is 1. The summed E-state index contributed by atoms with van der Waals surface area (Å²) in [5.41, 5.74) is 12.0. The first-order valence-corrected chi connectivity index (χ1v) is 15.9. The lowest BCUT2D eigenvalue weighted by Gasteiger charge is -2.26. The number of rotatable bonds is 9. The summed E-state index contributed by atoms with van der Waals surface area (Å²) >= 11 is 2.32. The third kappa shape index (κ3) is 10.8. The van der Waals surface area contributed by atoms with Crippen LogP contribution in [0.2, 0.25) is 0 Å². The topological polar surface area (TPSA) is 208 Å². The molecule has 1 atom stereocenters. The van der Waals surface area contributed by atoms with Crippen molar-refractivity contribution in [3.63, 3.8) is 0 Å². The molecule has 260 valence electrons. The van der Waals surface area contributed by atoms with Gasteiger partial charge in [-0.2, -0.15) is 30.6 Å². The van der Waals surface area contributed by atoms with Gasteiger partial charge in [0.2, 0.25) is 5.91 Å². The Hall–Kier alpha value is -3.86. The maximum Gasteiger partial charge on any atom is 0.490 e. The molecule has 1 fully saturated rings. The number of nitrogens with two attached hydrogens (primary N) is 2. The zero-order valence-corrected chi connectivity index (χ0v) is 26.1. The molecule has 3 aromatic rings. The molecule has 4 rings (SSSR count). The van der Waals surface area contributed by atoms with Crippen LogP contribution in [0.25, 0.3) is 10.1 Å². The van der Waals surface area contributed by atoms with E-state index >= 15 is 0 Å². The van der Waals surface area contributed by atoms with Crippen LogP contribution in [-0.4, -0.2) is 89.5 Å². The van der Waals surface area contributed by atoms with Crippen molar-refractivity contribution in [2.45, 2.75) is 42.0 Å². The Kier molecular flexibility index (Phi) is 13.2. The van der Waals surface area contributed by atoms with Gasteiger partial charge in [0.15, 0.2) is 0 Å². The number of aliphatic carboxylic acids is 2. The summed E-state index contributed by atoms with van der Waals surface area (Å²) in [4.78, 5) is 33.3. The summed E-state index contributed by atoms with van der Waals surface area (Å²) in [7, 11) is -3.98. The summed E-state index contributed by atoms with van der Waals surface area (Å²) < 4.78 is 106. The van der Waals surface area contributed by atoms with E-state index in [4.69, 9.17) is 36.7 Å². The molecule has 7 N–H and O–H groups in total. The number of hydrogen-bond donors (Lipinski definition) is 5. The highest BCUT2D eigenvalue weighted by Gasteiger charge is 2.42. The highest BCUT2D eigenvalue weighted by Crippen LogP contribution is 2.34. The van der Waals surface area contributed by atoms with Crippen LogP contribution in [-0.2, 0) is 31.0 Å². The SMILES string of the molecule is N=C(N)c1cc(CN2CC[C@H](N(CCCN)S(=O)(=O)c3cc4ccc(F)cc4s3)C2=O)cs1.O=C(O)C(F)(F)F.O=C(O)C(F)(F)F. The van der Waals surface area contributed by atoms with E-state index in [1.54, 1.807) is 17.0 Å². The van der Waals surface area contributed by atoms with Gasteiger partial charge in [-0.3, -0.25) is 10.2 Å². The van der Waals surface area contributed by atoms with Crippen molar-refractivity contribution in [2.24, 2.45) is 11.5 Å². The number of nitrogens with one attached hydrogen (secondary N) is 1. The predicted octanol–water partition coefficient (Wildman–Crippen LogP) is 3.79. The molecule has 2 aromatic heterocycles. The van der Waals surface area contributed by atoms with E-state index < -0.39 is 46.2 Å². The second kappa shape index (κ2) is 15.8. The van der Waals surface area contributed by atoms with Crippen molar-refractivity contribution in [2.75, 3.05) is 19.6 Å². The average Bonchev–Trinajstić information content (AvgIpc) is 3.68. The number of likely N-dealkylation sites (tertiary alicyclic amines) is 1. The summed E-state index contributed by atoms with van der Waals surface area (Å²) in [6.45, 7) is 1.16. The number of fused-ring (bicyclic) bond motifs is 1. The molecule has 22 heteroatoms. The van der Waals surface area contributed by atoms with E-state index in [1.807, 2.05) is 5.38 Å². The molecule has 1 aromatic carbocycles. The fourth-order valence-corrected chi connectivity index (χ4v) is 7.85. The largest absolute Gasteiger partial charge is 0.490 e. The highest BCUT2D eigenvalue weighted by atomic mass is 32.2. The van der Waals surface area contributed by atoms with E-state index in [0.29, 0.717) is 40.9 Å².